The number of rotatable bonds is 8. The monoisotopic (exact) mass is 434 g/mol. The predicted molar refractivity (Wildman–Crippen MR) is 113 cm³/mol. The Morgan fingerprint density at radius 1 is 1.23 bits per heavy atom. The SMILES string of the molecule is CC[C@@H](C(=O)Nc1ccccc1C(N)=O)N(c1cc([N+](=O)[O-])ccc1C)S(C)(=O)=O. The fourth-order valence-corrected chi connectivity index (χ4v) is 4.27. The molecule has 0 aliphatic carbocycles. The Morgan fingerprint density at radius 2 is 1.87 bits per heavy atom. The third-order valence-electron chi connectivity index (χ3n) is 4.42. The molecular weight excluding hydrogens is 412 g/mol. The molecule has 0 radical (unpaired) electrons. The molecule has 30 heavy (non-hydrogen) atoms. The van der Waals surface area contributed by atoms with Crippen molar-refractivity contribution in [3.05, 3.63) is 63.7 Å². The number of carbonyl (C=O) groups is 2. The van der Waals surface area contributed by atoms with Crippen molar-refractivity contribution in [2.75, 3.05) is 15.9 Å². The van der Waals surface area contributed by atoms with Crippen molar-refractivity contribution in [1.29, 1.82) is 0 Å². The van der Waals surface area contributed by atoms with E-state index in [1.54, 1.807) is 26.0 Å². The van der Waals surface area contributed by atoms with Gasteiger partial charge < -0.3 is 11.1 Å². The quantitative estimate of drug-likeness (QED) is 0.480. The molecule has 0 saturated heterocycles. The number of nitro groups is 1. The zero-order chi connectivity index (χ0) is 22.6. The highest BCUT2D eigenvalue weighted by atomic mass is 32.2. The van der Waals surface area contributed by atoms with Crippen molar-refractivity contribution >= 4 is 38.9 Å². The molecule has 0 bridgehead atoms. The summed E-state index contributed by atoms with van der Waals surface area (Å²) in [6.07, 6.45) is 0.984. The molecule has 0 aromatic heterocycles. The molecule has 2 amide bonds. The minimum Gasteiger partial charge on any atom is -0.366 e. The summed E-state index contributed by atoms with van der Waals surface area (Å²) in [5.41, 5.74) is 5.69. The molecule has 0 spiro atoms. The van der Waals surface area contributed by atoms with E-state index in [1.165, 1.54) is 24.3 Å². The number of nitrogens with one attached hydrogen (secondary N) is 1. The summed E-state index contributed by atoms with van der Waals surface area (Å²) in [6, 6.07) is 8.61. The highest BCUT2D eigenvalue weighted by Gasteiger charge is 2.33. The lowest BCUT2D eigenvalue weighted by molar-refractivity contribution is -0.384. The van der Waals surface area contributed by atoms with Crippen LogP contribution >= 0.6 is 0 Å². The van der Waals surface area contributed by atoms with Crippen LogP contribution in [0.4, 0.5) is 17.1 Å². The third-order valence-corrected chi connectivity index (χ3v) is 5.59. The van der Waals surface area contributed by atoms with Gasteiger partial charge in [-0.3, -0.25) is 24.0 Å². The molecule has 1 atom stereocenters. The third kappa shape index (κ3) is 4.92. The summed E-state index contributed by atoms with van der Waals surface area (Å²) < 4.78 is 26.1. The Bertz CT molecular complexity index is 1100. The van der Waals surface area contributed by atoms with Gasteiger partial charge in [0.2, 0.25) is 15.9 Å². The van der Waals surface area contributed by atoms with E-state index >= 15 is 0 Å². The number of aryl methyl sites for hydroxylation is 1. The molecule has 10 nitrogen and oxygen atoms in total. The first-order chi connectivity index (χ1) is 14.0. The number of hydrogen-bond acceptors (Lipinski definition) is 6. The lowest BCUT2D eigenvalue weighted by Gasteiger charge is -2.31. The molecule has 160 valence electrons. The van der Waals surface area contributed by atoms with Gasteiger partial charge in [-0.1, -0.05) is 25.1 Å². The Labute approximate surface area is 173 Å². The number of anilines is 2. The lowest BCUT2D eigenvalue weighted by Crippen LogP contribution is -2.47. The number of primary amides is 1. The highest BCUT2D eigenvalue weighted by molar-refractivity contribution is 7.92. The van der Waals surface area contributed by atoms with E-state index in [0.29, 0.717) is 5.56 Å². The smallest absolute Gasteiger partial charge is 0.271 e. The second-order valence-electron chi connectivity index (χ2n) is 6.61. The van der Waals surface area contributed by atoms with Crippen LogP contribution in [0, 0.1) is 17.0 Å². The Hall–Kier alpha value is -3.47. The number of para-hydroxylation sites is 1. The van der Waals surface area contributed by atoms with E-state index in [4.69, 9.17) is 5.73 Å². The number of sulfonamides is 1. The maximum absolute atomic E-state index is 13.0. The lowest BCUT2D eigenvalue weighted by atomic mass is 10.1. The van der Waals surface area contributed by atoms with Crippen LogP contribution < -0.4 is 15.4 Å². The van der Waals surface area contributed by atoms with Gasteiger partial charge in [-0.15, -0.1) is 0 Å². The maximum Gasteiger partial charge on any atom is 0.271 e. The van der Waals surface area contributed by atoms with Gasteiger partial charge in [0.15, 0.2) is 0 Å². The van der Waals surface area contributed by atoms with Crippen molar-refractivity contribution in [3.63, 3.8) is 0 Å². The highest BCUT2D eigenvalue weighted by Crippen LogP contribution is 2.30. The first kappa shape index (κ1) is 22.8. The van der Waals surface area contributed by atoms with E-state index < -0.39 is 32.8 Å². The van der Waals surface area contributed by atoms with Crippen LogP contribution in [0.1, 0.15) is 29.3 Å². The van der Waals surface area contributed by atoms with Crippen LogP contribution in [0.25, 0.3) is 0 Å². The van der Waals surface area contributed by atoms with Gasteiger partial charge in [-0.25, -0.2) is 8.42 Å². The van der Waals surface area contributed by atoms with Crippen LogP contribution in [0.3, 0.4) is 0 Å². The minimum atomic E-state index is -4.00. The number of amides is 2. The minimum absolute atomic E-state index is 0.0249. The molecule has 2 rings (SSSR count). The molecular formula is C19H22N4O6S. The molecule has 2 aromatic carbocycles. The van der Waals surface area contributed by atoms with Crippen LogP contribution in [0.15, 0.2) is 42.5 Å². The number of nitro benzene ring substituents is 1. The van der Waals surface area contributed by atoms with Gasteiger partial charge >= 0.3 is 0 Å². The summed E-state index contributed by atoms with van der Waals surface area (Å²) in [6.45, 7) is 3.19. The maximum atomic E-state index is 13.0. The van der Waals surface area contributed by atoms with Gasteiger partial charge in [0.25, 0.3) is 11.6 Å². The average molecular weight is 434 g/mol. The van der Waals surface area contributed by atoms with Crippen LogP contribution in [-0.2, 0) is 14.8 Å². The Kier molecular flexibility index (Phi) is 6.77. The van der Waals surface area contributed by atoms with E-state index in [0.717, 1.165) is 16.6 Å². The summed E-state index contributed by atoms with van der Waals surface area (Å²) >= 11 is 0. The Balaban J connectivity index is 2.54. The fourth-order valence-electron chi connectivity index (χ4n) is 3.01. The molecule has 11 heteroatoms. The van der Waals surface area contributed by atoms with Gasteiger partial charge in [0, 0.05) is 12.1 Å². The van der Waals surface area contributed by atoms with Crippen molar-refractivity contribution in [1.82, 2.24) is 0 Å². The molecule has 0 aliphatic rings. The number of nitrogens with zero attached hydrogens (tertiary/aromatic N) is 2. The van der Waals surface area contributed by atoms with Crippen molar-refractivity contribution in [2.45, 2.75) is 26.3 Å². The normalized spacial score (nSPS) is 12.1. The first-order valence-electron chi connectivity index (χ1n) is 8.91. The summed E-state index contributed by atoms with van der Waals surface area (Å²) in [7, 11) is -4.00. The molecule has 0 heterocycles. The molecule has 2 aromatic rings. The van der Waals surface area contributed by atoms with Gasteiger partial charge in [-0.2, -0.15) is 0 Å². The van der Waals surface area contributed by atoms with Gasteiger partial charge in [0.1, 0.15) is 6.04 Å². The summed E-state index contributed by atoms with van der Waals surface area (Å²) in [5, 5.41) is 13.7. The summed E-state index contributed by atoms with van der Waals surface area (Å²) in [4.78, 5) is 35.1. The molecule has 0 unspecified atom stereocenters. The predicted octanol–water partition coefficient (Wildman–Crippen LogP) is 2.19. The number of nitrogens with two attached hydrogens (primary N) is 1. The van der Waals surface area contributed by atoms with Gasteiger partial charge in [0.05, 0.1) is 28.1 Å². The number of carbonyl (C=O) groups excluding carboxylic acids is 2. The fraction of sp³-hybridized carbons (Fsp3) is 0.263. The topological polar surface area (TPSA) is 153 Å². The molecule has 3 N–H and O–H groups in total. The Morgan fingerprint density at radius 3 is 2.40 bits per heavy atom. The van der Waals surface area contributed by atoms with E-state index in [9.17, 15) is 28.1 Å². The van der Waals surface area contributed by atoms with E-state index in [1.807, 2.05) is 0 Å². The molecule has 0 fully saturated rings. The van der Waals surface area contributed by atoms with Gasteiger partial charge in [-0.05, 0) is 31.0 Å². The van der Waals surface area contributed by atoms with Crippen molar-refractivity contribution in [2.24, 2.45) is 5.73 Å². The second kappa shape index (κ2) is 8.91. The average Bonchev–Trinajstić information content (AvgIpc) is 2.65. The van der Waals surface area contributed by atoms with Crippen LogP contribution in [-0.4, -0.2) is 37.5 Å². The number of hydrogen-bond donors (Lipinski definition) is 2. The van der Waals surface area contributed by atoms with Crippen LogP contribution in [0.2, 0.25) is 0 Å². The summed E-state index contributed by atoms with van der Waals surface area (Å²) in [5.74, 6) is -1.46. The molecule has 0 saturated carbocycles. The van der Waals surface area contributed by atoms with Crippen molar-refractivity contribution in [3.8, 4) is 0 Å². The standard InChI is InChI=1S/C19H22N4O6S/c1-4-16(19(25)21-15-8-6-5-7-14(15)18(20)24)22(30(3,28)29)17-11-13(23(26)27)10-9-12(17)2/h5-11,16H,4H2,1-3H3,(H2,20,24)(H,21,25)/t16-/m0/s1. The largest absolute Gasteiger partial charge is 0.366 e. The zero-order valence-electron chi connectivity index (χ0n) is 16.7. The van der Waals surface area contributed by atoms with E-state index in [-0.39, 0.29) is 29.0 Å². The van der Waals surface area contributed by atoms with Crippen LogP contribution in [0.5, 0.6) is 0 Å². The number of non-ortho nitro benzene ring substituents is 1. The molecule has 0 aliphatic heterocycles. The first-order valence-corrected chi connectivity index (χ1v) is 10.8. The second-order valence-corrected chi connectivity index (χ2v) is 8.47. The van der Waals surface area contributed by atoms with E-state index in [2.05, 4.69) is 5.32 Å². The van der Waals surface area contributed by atoms with Crippen molar-refractivity contribution < 1.29 is 22.9 Å². The number of benzene rings is 2. The zero-order valence-corrected chi connectivity index (χ0v) is 17.5.